The highest BCUT2D eigenvalue weighted by Crippen LogP contribution is 2.27. The van der Waals surface area contributed by atoms with Crippen LogP contribution in [0.4, 0.5) is 11.6 Å². The molecule has 2 heterocycles. The molecule has 0 saturated carbocycles. The molecule has 0 fully saturated rings. The Morgan fingerprint density at radius 3 is 2.83 bits per heavy atom. The van der Waals surface area contributed by atoms with Crippen LogP contribution in [0.1, 0.15) is 57.4 Å². The number of aromatic nitrogens is 1. The molecule has 1 N–H and O–H groups in total. The Balaban J connectivity index is 1.78. The van der Waals surface area contributed by atoms with Crippen molar-refractivity contribution < 1.29 is 9.47 Å². The van der Waals surface area contributed by atoms with E-state index in [1.807, 2.05) is 0 Å². The molecule has 0 bridgehead atoms. The van der Waals surface area contributed by atoms with Crippen molar-refractivity contribution in [2.45, 2.75) is 64.3 Å². The first-order valence-corrected chi connectivity index (χ1v) is 11.4. The Labute approximate surface area is 181 Å². The smallest absolute Gasteiger partial charge is 0.134 e. The molecule has 1 aliphatic heterocycles. The molecule has 30 heavy (non-hydrogen) atoms. The predicted molar refractivity (Wildman–Crippen MR) is 125 cm³/mol. The summed E-state index contributed by atoms with van der Waals surface area (Å²) in [6.07, 6.45) is 17.9. The number of pyridine rings is 1. The van der Waals surface area contributed by atoms with Crippen LogP contribution in [0.2, 0.25) is 0 Å². The van der Waals surface area contributed by atoms with E-state index in [0.717, 1.165) is 35.9 Å². The van der Waals surface area contributed by atoms with E-state index in [0.29, 0.717) is 19.3 Å². The molecule has 0 radical (unpaired) electrons. The van der Waals surface area contributed by atoms with Crippen molar-refractivity contribution in [2.75, 3.05) is 37.6 Å². The van der Waals surface area contributed by atoms with E-state index in [1.165, 1.54) is 44.1 Å². The quantitative estimate of drug-likeness (QED) is 0.617. The summed E-state index contributed by atoms with van der Waals surface area (Å²) in [4.78, 5) is 7.40. The van der Waals surface area contributed by atoms with Crippen LogP contribution in [0.3, 0.4) is 0 Å². The third-order valence-electron chi connectivity index (χ3n) is 5.91. The molecule has 1 aromatic heterocycles. The highest BCUT2D eigenvalue weighted by Gasteiger charge is 2.17. The molecule has 1 aliphatic carbocycles. The van der Waals surface area contributed by atoms with E-state index in [-0.39, 0.29) is 0 Å². The highest BCUT2D eigenvalue weighted by atomic mass is 16.5. The molecule has 1 aromatic rings. The predicted octanol–water partition coefficient (Wildman–Crippen LogP) is 5.61. The van der Waals surface area contributed by atoms with Gasteiger partial charge in [0.15, 0.2) is 0 Å². The summed E-state index contributed by atoms with van der Waals surface area (Å²) >= 11 is 0. The molecule has 0 spiro atoms. The van der Waals surface area contributed by atoms with Crippen LogP contribution >= 0.6 is 0 Å². The molecular weight excluding hydrogens is 374 g/mol. The minimum atomic E-state index is 0.491. The second kappa shape index (κ2) is 11.8. The first-order chi connectivity index (χ1) is 14.7. The largest absolute Gasteiger partial charge is 0.495 e. The van der Waals surface area contributed by atoms with Gasteiger partial charge in [0.25, 0.3) is 0 Å². The fraction of sp³-hybridized carbons (Fsp3) is 0.560. The van der Waals surface area contributed by atoms with Crippen molar-refractivity contribution in [3.8, 4) is 0 Å². The van der Waals surface area contributed by atoms with E-state index < -0.39 is 0 Å². The molecule has 0 saturated heterocycles. The van der Waals surface area contributed by atoms with Gasteiger partial charge in [-0.2, -0.15) is 0 Å². The molecule has 1 unspecified atom stereocenters. The van der Waals surface area contributed by atoms with Gasteiger partial charge in [-0.25, -0.2) is 4.98 Å². The maximum atomic E-state index is 5.84. The lowest BCUT2D eigenvalue weighted by molar-refractivity contribution is 0.108. The third-order valence-corrected chi connectivity index (χ3v) is 5.91. The molecule has 5 nitrogen and oxygen atoms in total. The second-order valence-electron chi connectivity index (χ2n) is 8.28. The van der Waals surface area contributed by atoms with Gasteiger partial charge in [0, 0.05) is 32.3 Å². The number of ether oxygens (including phenoxy) is 2. The Hall–Kier alpha value is -2.27. The number of hydrogen-bond donors (Lipinski definition) is 1. The Morgan fingerprint density at radius 2 is 1.97 bits per heavy atom. The van der Waals surface area contributed by atoms with Crippen LogP contribution in [-0.2, 0) is 15.9 Å². The lowest BCUT2D eigenvalue weighted by atomic mass is 10.1. The number of methoxy groups -OCH3 is 1. The van der Waals surface area contributed by atoms with Gasteiger partial charge in [-0.3, -0.25) is 0 Å². The van der Waals surface area contributed by atoms with Gasteiger partial charge in [0.05, 0.1) is 6.61 Å². The van der Waals surface area contributed by atoms with Crippen LogP contribution in [0, 0.1) is 0 Å². The number of anilines is 2. The number of allylic oxidation sites excluding steroid dienone is 4. The van der Waals surface area contributed by atoms with Gasteiger partial charge in [0.2, 0.25) is 0 Å². The van der Waals surface area contributed by atoms with Crippen LogP contribution in [0.15, 0.2) is 47.9 Å². The summed E-state index contributed by atoms with van der Waals surface area (Å²) in [5.74, 6) is 2.91. The maximum absolute atomic E-state index is 5.84. The molecule has 164 valence electrons. The third kappa shape index (κ3) is 6.63. The van der Waals surface area contributed by atoms with E-state index >= 15 is 0 Å². The molecule has 3 rings (SSSR count). The number of hydrogen-bond acceptors (Lipinski definition) is 5. The van der Waals surface area contributed by atoms with Crippen molar-refractivity contribution in [3.63, 3.8) is 0 Å². The lowest BCUT2D eigenvalue weighted by Crippen LogP contribution is -2.30. The van der Waals surface area contributed by atoms with Gasteiger partial charge >= 0.3 is 0 Å². The first-order valence-electron chi connectivity index (χ1n) is 11.4. The zero-order chi connectivity index (χ0) is 21.2. The monoisotopic (exact) mass is 411 g/mol. The van der Waals surface area contributed by atoms with Crippen LogP contribution in [0.25, 0.3) is 0 Å². The number of fused-ring (bicyclic) bond motifs is 1. The van der Waals surface area contributed by atoms with Crippen molar-refractivity contribution in [3.05, 3.63) is 53.5 Å². The summed E-state index contributed by atoms with van der Waals surface area (Å²) in [7, 11) is 3.88. The SMILES string of the molecule is COCCOC1=CC(Nc2ccc3c(n2)N(C)C(C)CCCCCCC3)=CC=CC1. The molecule has 0 amide bonds. The van der Waals surface area contributed by atoms with Gasteiger partial charge in [-0.05, 0) is 50.0 Å². The molecule has 5 heteroatoms. The average Bonchev–Trinajstić information content (AvgIpc) is 2.98. The van der Waals surface area contributed by atoms with Gasteiger partial charge in [-0.15, -0.1) is 0 Å². The molecule has 1 atom stereocenters. The zero-order valence-corrected chi connectivity index (χ0v) is 18.8. The average molecular weight is 412 g/mol. The second-order valence-corrected chi connectivity index (χ2v) is 8.28. The number of nitrogens with zero attached hydrogens (tertiary/aromatic N) is 2. The summed E-state index contributed by atoms with van der Waals surface area (Å²) in [6, 6.07) is 4.84. The van der Waals surface area contributed by atoms with E-state index in [1.54, 1.807) is 7.11 Å². The fourth-order valence-corrected chi connectivity index (χ4v) is 3.95. The highest BCUT2D eigenvalue weighted by molar-refractivity contribution is 5.56. The topological polar surface area (TPSA) is 46.6 Å². The van der Waals surface area contributed by atoms with Crippen molar-refractivity contribution in [1.29, 1.82) is 0 Å². The number of aryl methyl sites for hydroxylation is 1. The van der Waals surface area contributed by atoms with E-state index in [9.17, 15) is 0 Å². The fourth-order valence-electron chi connectivity index (χ4n) is 3.95. The zero-order valence-electron chi connectivity index (χ0n) is 18.8. The van der Waals surface area contributed by atoms with Crippen molar-refractivity contribution in [1.82, 2.24) is 4.98 Å². The van der Waals surface area contributed by atoms with E-state index in [2.05, 4.69) is 60.6 Å². The molecular formula is C25H37N3O2. The minimum absolute atomic E-state index is 0.491. The Kier molecular flexibility index (Phi) is 8.81. The summed E-state index contributed by atoms with van der Waals surface area (Å²) in [5.41, 5.74) is 2.33. The first kappa shape index (κ1) is 22.4. The molecule has 2 aliphatic rings. The standard InChI is InChI=1S/C25H37N3O2/c1-20-11-7-5-4-6-8-12-21-15-16-24(27-25(21)28(20)2)26-22-13-9-10-14-23(19-22)30-18-17-29-3/h9-10,13,15-16,19-20H,4-8,11-12,14,17-18H2,1-3H3,(H,26,27). The van der Waals surface area contributed by atoms with Crippen LogP contribution in [0.5, 0.6) is 0 Å². The molecule has 0 aromatic carbocycles. The Morgan fingerprint density at radius 1 is 1.13 bits per heavy atom. The van der Waals surface area contributed by atoms with Gasteiger partial charge in [0.1, 0.15) is 24.0 Å². The van der Waals surface area contributed by atoms with Crippen molar-refractivity contribution in [2.24, 2.45) is 0 Å². The van der Waals surface area contributed by atoms with Gasteiger partial charge in [-0.1, -0.05) is 43.9 Å². The minimum Gasteiger partial charge on any atom is -0.495 e. The lowest BCUT2D eigenvalue weighted by Gasteiger charge is -2.28. The summed E-state index contributed by atoms with van der Waals surface area (Å²) in [6.45, 7) is 3.46. The summed E-state index contributed by atoms with van der Waals surface area (Å²) in [5, 5.41) is 3.49. The van der Waals surface area contributed by atoms with E-state index in [4.69, 9.17) is 14.5 Å². The summed E-state index contributed by atoms with van der Waals surface area (Å²) < 4.78 is 10.9. The normalized spacial score (nSPS) is 20.4. The van der Waals surface area contributed by atoms with Gasteiger partial charge < -0.3 is 19.7 Å². The van der Waals surface area contributed by atoms with Crippen LogP contribution in [-0.4, -0.2) is 38.4 Å². The Bertz CT molecular complexity index is 770. The number of rotatable bonds is 6. The number of nitrogens with one attached hydrogen (secondary N) is 1. The maximum Gasteiger partial charge on any atom is 0.134 e. The van der Waals surface area contributed by atoms with Crippen LogP contribution < -0.4 is 10.2 Å². The van der Waals surface area contributed by atoms with Crippen molar-refractivity contribution >= 4 is 11.6 Å².